The molecule has 2 aromatic rings. The van der Waals surface area contributed by atoms with Gasteiger partial charge in [-0.2, -0.15) is 0 Å². The minimum atomic E-state index is 0.392. The number of benzene rings is 2. The molecule has 0 fully saturated rings. The molecule has 22 heavy (non-hydrogen) atoms. The molecular weight excluding hydrogens is 266 g/mol. The van der Waals surface area contributed by atoms with E-state index in [1.54, 1.807) is 0 Å². The minimum absolute atomic E-state index is 0.392. The molecule has 0 radical (unpaired) electrons. The van der Waals surface area contributed by atoms with Gasteiger partial charge in [0.25, 0.3) is 0 Å². The van der Waals surface area contributed by atoms with Crippen molar-refractivity contribution in [2.75, 3.05) is 13.1 Å². The molecule has 1 aliphatic rings. The third-order valence-corrected chi connectivity index (χ3v) is 4.79. The van der Waals surface area contributed by atoms with Crippen LogP contribution in [0.15, 0.2) is 54.6 Å². The Morgan fingerprint density at radius 2 is 1.45 bits per heavy atom. The predicted octanol–water partition coefficient (Wildman–Crippen LogP) is 5.40. The van der Waals surface area contributed by atoms with E-state index in [0.717, 1.165) is 19.5 Å². The van der Waals surface area contributed by atoms with Crippen LogP contribution in [0.1, 0.15) is 49.9 Å². The lowest BCUT2D eigenvalue weighted by Crippen LogP contribution is -2.28. The fourth-order valence-electron chi connectivity index (χ4n) is 3.77. The van der Waals surface area contributed by atoms with Crippen LogP contribution in [-0.2, 0) is 0 Å². The Balaban J connectivity index is 2.22. The van der Waals surface area contributed by atoms with Crippen LogP contribution in [0.3, 0.4) is 0 Å². The number of fused-ring (bicyclic) bond motifs is 1. The van der Waals surface area contributed by atoms with Crippen molar-refractivity contribution in [1.82, 2.24) is 4.90 Å². The molecule has 0 saturated carbocycles. The molecule has 0 N–H and O–H groups in total. The normalized spacial score (nSPS) is 17.2. The smallest absolute Gasteiger partial charge is 0.0616 e. The van der Waals surface area contributed by atoms with Gasteiger partial charge < -0.3 is 0 Å². The highest BCUT2D eigenvalue weighted by atomic mass is 15.1. The Morgan fingerprint density at radius 3 is 2.09 bits per heavy atom. The van der Waals surface area contributed by atoms with Gasteiger partial charge >= 0.3 is 0 Å². The second-order valence-electron chi connectivity index (χ2n) is 5.82. The number of nitrogens with zero attached hydrogens (tertiary/aromatic N) is 1. The van der Waals surface area contributed by atoms with Gasteiger partial charge in [0.2, 0.25) is 0 Å². The van der Waals surface area contributed by atoms with Gasteiger partial charge in [0.15, 0.2) is 0 Å². The molecule has 0 bridgehead atoms. The van der Waals surface area contributed by atoms with E-state index >= 15 is 0 Å². The first kappa shape index (κ1) is 15.1. The number of likely N-dealkylation sites (N-methyl/N-ethyl adjacent to an activating group) is 1. The van der Waals surface area contributed by atoms with E-state index in [4.69, 9.17) is 0 Å². The monoisotopic (exact) mass is 291 g/mol. The van der Waals surface area contributed by atoms with Gasteiger partial charge in [-0.05, 0) is 47.3 Å². The summed E-state index contributed by atoms with van der Waals surface area (Å²) in [7, 11) is 0. The second kappa shape index (κ2) is 6.50. The summed E-state index contributed by atoms with van der Waals surface area (Å²) in [6.07, 6.45) is 1.08. The number of allylic oxidation sites excluding steroid dienone is 1. The quantitative estimate of drug-likeness (QED) is 0.712. The molecule has 0 spiro atoms. The first-order valence-corrected chi connectivity index (χ1v) is 8.43. The SMILES string of the molecule is CCC1=C(c2ccccc2)C(N(CC)CC)c2ccccc21. The summed E-state index contributed by atoms with van der Waals surface area (Å²) < 4.78 is 0. The van der Waals surface area contributed by atoms with Crippen molar-refractivity contribution in [2.45, 2.75) is 33.2 Å². The Labute approximate surface area is 134 Å². The molecule has 2 aromatic carbocycles. The lowest BCUT2D eigenvalue weighted by atomic mass is 9.95. The standard InChI is InChI=1S/C21H25N/c1-4-17-18-14-10-11-15-19(18)21(22(5-2)6-3)20(17)16-12-8-7-9-13-16/h7-15,21H,4-6H2,1-3H3. The molecule has 1 nitrogen and oxygen atoms in total. The highest BCUT2D eigenvalue weighted by Gasteiger charge is 2.33. The summed E-state index contributed by atoms with van der Waals surface area (Å²) in [6.45, 7) is 8.95. The third-order valence-electron chi connectivity index (χ3n) is 4.79. The molecule has 1 unspecified atom stereocenters. The van der Waals surface area contributed by atoms with Gasteiger partial charge in [-0.3, -0.25) is 4.90 Å². The summed E-state index contributed by atoms with van der Waals surface area (Å²) in [4.78, 5) is 2.57. The molecule has 0 saturated heterocycles. The minimum Gasteiger partial charge on any atom is -0.293 e. The summed E-state index contributed by atoms with van der Waals surface area (Å²) in [5.41, 5.74) is 7.31. The molecule has 1 heteroatoms. The summed E-state index contributed by atoms with van der Waals surface area (Å²) in [6, 6.07) is 20.3. The summed E-state index contributed by atoms with van der Waals surface area (Å²) >= 11 is 0. The molecular formula is C21H25N. The Bertz CT molecular complexity index is 665. The van der Waals surface area contributed by atoms with Crippen molar-refractivity contribution >= 4 is 11.1 Å². The van der Waals surface area contributed by atoms with Crippen LogP contribution in [0.5, 0.6) is 0 Å². The van der Waals surface area contributed by atoms with Crippen LogP contribution in [-0.4, -0.2) is 18.0 Å². The first-order chi connectivity index (χ1) is 10.8. The van der Waals surface area contributed by atoms with Crippen LogP contribution in [0.4, 0.5) is 0 Å². The van der Waals surface area contributed by atoms with E-state index in [1.807, 2.05) is 0 Å². The van der Waals surface area contributed by atoms with Gasteiger partial charge in [0, 0.05) is 0 Å². The highest BCUT2D eigenvalue weighted by molar-refractivity contribution is 5.99. The van der Waals surface area contributed by atoms with Crippen molar-refractivity contribution in [1.29, 1.82) is 0 Å². The number of hydrogen-bond donors (Lipinski definition) is 0. The van der Waals surface area contributed by atoms with Crippen molar-refractivity contribution in [3.8, 4) is 0 Å². The zero-order chi connectivity index (χ0) is 15.5. The Morgan fingerprint density at radius 1 is 0.818 bits per heavy atom. The van der Waals surface area contributed by atoms with E-state index in [1.165, 1.54) is 27.8 Å². The number of rotatable bonds is 5. The van der Waals surface area contributed by atoms with E-state index in [-0.39, 0.29) is 0 Å². The summed E-state index contributed by atoms with van der Waals surface area (Å²) in [5, 5.41) is 0. The highest BCUT2D eigenvalue weighted by Crippen LogP contribution is 2.49. The van der Waals surface area contributed by atoms with Crippen LogP contribution in [0.25, 0.3) is 11.1 Å². The fraction of sp³-hybridized carbons (Fsp3) is 0.333. The van der Waals surface area contributed by atoms with Crippen molar-refractivity contribution < 1.29 is 0 Å². The molecule has 0 aromatic heterocycles. The van der Waals surface area contributed by atoms with Gasteiger partial charge in [0.05, 0.1) is 6.04 Å². The summed E-state index contributed by atoms with van der Waals surface area (Å²) in [5.74, 6) is 0. The van der Waals surface area contributed by atoms with E-state index in [9.17, 15) is 0 Å². The van der Waals surface area contributed by atoms with Crippen LogP contribution in [0.2, 0.25) is 0 Å². The zero-order valence-corrected chi connectivity index (χ0v) is 13.8. The fourth-order valence-corrected chi connectivity index (χ4v) is 3.77. The number of hydrogen-bond acceptors (Lipinski definition) is 1. The van der Waals surface area contributed by atoms with Crippen LogP contribution >= 0.6 is 0 Å². The van der Waals surface area contributed by atoms with Crippen LogP contribution < -0.4 is 0 Å². The maximum atomic E-state index is 2.57. The molecule has 0 aliphatic heterocycles. The third kappa shape index (κ3) is 2.40. The van der Waals surface area contributed by atoms with Crippen molar-refractivity contribution in [3.63, 3.8) is 0 Å². The molecule has 1 aliphatic carbocycles. The van der Waals surface area contributed by atoms with Gasteiger partial charge in [0.1, 0.15) is 0 Å². The van der Waals surface area contributed by atoms with Gasteiger partial charge in [-0.15, -0.1) is 0 Å². The lowest BCUT2D eigenvalue weighted by Gasteiger charge is -2.30. The maximum absolute atomic E-state index is 2.57. The molecule has 0 amide bonds. The Hall–Kier alpha value is -1.86. The molecule has 1 atom stereocenters. The topological polar surface area (TPSA) is 3.24 Å². The Kier molecular flexibility index (Phi) is 4.44. The second-order valence-corrected chi connectivity index (χ2v) is 5.82. The van der Waals surface area contributed by atoms with Crippen molar-refractivity contribution in [3.05, 3.63) is 71.3 Å². The zero-order valence-electron chi connectivity index (χ0n) is 13.8. The average molecular weight is 291 g/mol. The van der Waals surface area contributed by atoms with E-state index in [0.29, 0.717) is 6.04 Å². The van der Waals surface area contributed by atoms with Gasteiger partial charge in [-0.1, -0.05) is 75.4 Å². The molecule has 0 heterocycles. The molecule has 3 rings (SSSR count). The lowest BCUT2D eigenvalue weighted by molar-refractivity contribution is 0.266. The first-order valence-electron chi connectivity index (χ1n) is 8.43. The molecule has 114 valence electrons. The average Bonchev–Trinajstić information content (AvgIpc) is 2.91. The van der Waals surface area contributed by atoms with E-state index in [2.05, 4.69) is 80.3 Å². The van der Waals surface area contributed by atoms with E-state index < -0.39 is 0 Å². The predicted molar refractivity (Wildman–Crippen MR) is 95.7 cm³/mol. The van der Waals surface area contributed by atoms with Crippen molar-refractivity contribution in [2.24, 2.45) is 0 Å². The maximum Gasteiger partial charge on any atom is 0.0616 e. The van der Waals surface area contributed by atoms with Gasteiger partial charge in [-0.25, -0.2) is 0 Å². The largest absolute Gasteiger partial charge is 0.293 e. The van der Waals surface area contributed by atoms with Crippen LogP contribution in [0, 0.1) is 0 Å².